The van der Waals surface area contributed by atoms with Crippen LogP contribution in [0.15, 0.2) is 0 Å². The van der Waals surface area contributed by atoms with Gasteiger partial charge in [-0.25, -0.2) is 0 Å². The Labute approximate surface area is 110 Å². The number of esters is 1. The van der Waals surface area contributed by atoms with Gasteiger partial charge in [0.2, 0.25) is 0 Å². The molecule has 0 saturated heterocycles. The Hall–Kier alpha value is -0.220. The van der Waals surface area contributed by atoms with Crippen LogP contribution in [0.1, 0.15) is 40.5 Å². The normalized spacial score (nSPS) is 14.7. The summed E-state index contributed by atoms with van der Waals surface area (Å²) < 4.78 is 5.19. The molecule has 0 fully saturated rings. The van der Waals surface area contributed by atoms with Gasteiger partial charge in [-0.1, -0.05) is 20.8 Å². The number of rotatable bonds is 9. The summed E-state index contributed by atoms with van der Waals surface area (Å²) in [4.78, 5) is 12.1. The summed E-state index contributed by atoms with van der Waals surface area (Å²) in [6.45, 7) is 8.89. The van der Waals surface area contributed by atoms with Crippen molar-refractivity contribution < 1.29 is 9.53 Å². The lowest BCUT2D eigenvalue weighted by Gasteiger charge is -2.34. The van der Waals surface area contributed by atoms with Crippen molar-refractivity contribution in [1.82, 2.24) is 0 Å². The summed E-state index contributed by atoms with van der Waals surface area (Å²) in [6, 6.07) is 0. The maximum atomic E-state index is 12.1. The molecule has 0 spiro atoms. The number of nitrogens with two attached hydrogens (primary N) is 1. The van der Waals surface area contributed by atoms with Gasteiger partial charge < -0.3 is 10.5 Å². The van der Waals surface area contributed by atoms with Gasteiger partial charge in [0, 0.05) is 6.54 Å². The second-order valence-corrected chi connectivity index (χ2v) is 5.93. The highest BCUT2D eigenvalue weighted by atomic mass is 32.2. The van der Waals surface area contributed by atoms with E-state index < -0.39 is 5.41 Å². The molecule has 0 aliphatic heterocycles. The molecular formula is C13H27NO2S. The van der Waals surface area contributed by atoms with E-state index in [-0.39, 0.29) is 11.9 Å². The van der Waals surface area contributed by atoms with Crippen LogP contribution in [0.5, 0.6) is 0 Å². The molecule has 0 amide bonds. The van der Waals surface area contributed by atoms with Crippen molar-refractivity contribution >= 4 is 17.7 Å². The summed E-state index contributed by atoms with van der Waals surface area (Å²) in [7, 11) is 0. The average Bonchev–Trinajstić information content (AvgIpc) is 2.29. The molecule has 1 unspecified atom stereocenters. The molecule has 0 aliphatic carbocycles. The van der Waals surface area contributed by atoms with Crippen molar-refractivity contribution in [3.63, 3.8) is 0 Å². The molecule has 0 saturated carbocycles. The maximum absolute atomic E-state index is 12.1. The highest BCUT2D eigenvalue weighted by molar-refractivity contribution is 7.99. The average molecular weight is 261 g/mol. The quantitative estimate of drug-likeness (QED) is 0.512. The molecule has 3 nitrogen and oxygen atoms in total. The summed E-state index contributed by atoms with van der Waals surface area (Å²) in [5.41, 5.74) is 5.35. The van der Waals surface area contributed by atoms with Gasteiger partial charge in [0.1, 0.15) is 0 Å². The Morgan fingerprint density at radius 2 is 2.06 bits per heavy atom. The molecule has 102 valence electrons. The van der Waals surface area contributed by atoms with Crippen LogP contribution in [-0.4, -0.2) is 30.6 Å². The van der Waals surface area contributed by atoms with E-state index in [1.807, 2.05) is 18.7 Å². The summed E-state index contributed by atoms with van der Waals surface area (Å²) in [6.07, 6.45) is 1.85. The third-order valence-corrected chi connectivity index (χ3v) is 4.25. The van der Waals surface area contributed by atoms with E-state index >= 15 is 0 Å². The highest BCUT2D eigenvalue weighted by Crippen LogP contribution is 2.34. The molecule has 0 aromatic heterocycles. The maximum Gasteiger partial charge on any atom is 0.313 e. The van der Waals surface area contributed by atoms with Crippen molar-refractivity contribution in [1.29, 1.82) is 0 Å². The zero-order valence-corrected chi connectivity index (χ0v) is 12.4. The van der Waals surface area contributed by atoms with Gasteiger partial charge in [-0.15, -0.1) is 0 Å². The Morgan fingerprint density at radius 3 is 2.47 bits per heavy atom. The number of hydrogen-bond donors (Lipinski definition) is 1. The minimum absolute atomic E-state index is 0.126. The van der Waals surface area contributed by atoms with Crippen LogP contribution in [0.25, 0.3) is 0 Å². The molecule has 0 aromatic rings. The van der Waals surface area contributed by atoms with Gasteiger partial charge in [0.25, 0.3) is 0 Å². The SMILES string of the molecule is CCOC(=O)C(CN)(CCCSCC)C(C)C. The van der Waals surface area contributed by atoms with E-state index in [4.69, 9.17) is 10.5 Å². The van der Waals surface area contributed by atoms with Crippen LogP contribution < -0.4 is 5.73 Å². The molecule has 17 heavy (non-hydrogen) atoms. The first-order chi connectivity index (χ1) is 8.05. The zero-order valence-electron chi connectivity index (χ0n) is 11.6. The topological polar surface area (TPSA) is 52.3 Å². The van der Waals surface area contributed by atoms with Crippen LogP contribution in [-0.2, 0) is 9.53 Å². The van der Waals surface area contributed by atoms with E-state index in [1.165, 1.54) is 0 Å². The molecule has 1 atom stereocenters. The minimum atomic E-state index is -0.496. The van der Waals surface area contributed by atoms with Crippen molar-refractivity contribution in [2.45, 2.75) is 40.5 Å². The number of thioether (sulfide) groups is 1. The fraction of sp³-hybridized carbons (Fsp3) is 0.923. The van der Waals surface area contributed by atoms with Gasteiger partial charge in [-0.2, -0.15) is 11.8 Å². The zero-order chi connectivity index (χ0) is 13.3. The Bertz CT molecular complexity index is 221. The van der Waals surface area contributed by atoms with Crippen LogP contribution in [0.2, 0.25) is 0 Å². The Kier molecular flexibility index (Phi) is 8.70. The first kappa shape index (κ1) is 16.8. The Morgan fingerprint density at radius 1 is 1.41 bits per heavy atom. The summed E-state index contributed by atoms with van der Waals surface area (Å²) in [5, 5.41) is 0. The number of carbonyl (C=O) groups excluding carboxylic acids is 1. The first-order valence-corrected chi connectivity index (χ1v) is 7.65. The number of carbonyl (C=O) groups is 1. The van der Waals surface area contributed by atoms with E-state index in [9.17, 15) is 4.79 Å². The molecule has 2 N–H and O–H groups in total. The lowest BCUT2D eigenvalue weighted by molar-refractivity contribution is -0.158. The van der Waals surface area contributed by atoms with Crippen molar-refractivity contribution in [3.8, 4) is 0 Å². The van der Waals surface area contributed by atoms with Crippen molar-refractivity contribution in [2.24, 2.45) is 17.1 Å². The van der Waals surface area contributed by atoms with Crippen molar-refractivity contribution in [3.05, 3.63) is 0 Å². The number of hydrogen-bond acceptors (Lipinski definition) is 4. The standard InChI is InChI=1S/C13H27NO2S/c1-5-16-12(15)13(10-14,11(3)4)8-7-9-17-6-2/h11H,5-10,14H2,1-4H3. The largest absolute Gasteiger partial charge is 0.466 e. The fourth-order valence-corrected chi connectivity index (χ4v) is 2.59. The highest BCUT2D eigenvalue weighted by Gasteiger charge is 2.41. The molecular weight excluding hydrogens is 234 g/mol. The van der Waals surface area contributed by atoms with Crippen LogP contribution in [0.4, 0.5) is 0 Å². The van der Waals surface area contributed by atoms with Gasteiger partial charge in [0.05, 0.1) is 12.0 Å². The van der Waals surface area contributed by atoms with Crippen LogP contribution >= 0.6 is 11.8 Å². The molecule has 0 bridgehead atoms. The van der Waals surface area contributed by atoms with Gasteiger partial charge in [-0.3, -0.25) is 4.79 Å². The lowest BCUT2D eigenvalue weighted by atomic mass is 9.74. The minimum Gasteiger partial charge on any atom is -0.466 e. The second-order valence-electron chi connectivity index (χ2n) is 4.54. The number of ether oxygens (including phenoxy) is 1. The van der Waals surface area contributed by atoms with E-state index in [1.54, 1.807) is 0 Å². The predicted molar refractivity (Wildman–Crippen MR) is 75.2 cm³/mol. The van der Waals surface area contributed by atoms with Crippen molar-refractivity contribution in [2.75, 3.05) is 24.7 Å². The molecule has 0 radical (unpaired) electrons. The molecule has 4 heteroatoms. The Balaban J connectivity index is 4.53. The summed E-state index contributed by atoms with van der Waals surface area (Å²) >= 11 is 1.90. The molecule has 0 rings (SSSR count). The molecule has 0 heterocycles. The fourth-order valence-electron chi connectivity index (χ4n) is 1.96. The van der Waals surface area contributed by atoms with Crippen LogP contribution in [0.3, 0.4) is 0 Å². The van der Waals surface area contributed by atoms with E-state index in [2.05, 4.69) is 20.8 Å². The third kappa shape index (κ3) is 4.88. The first-order valence-electron chi connectivity index (χ1n) is 6.50. The molecule has 0 aromatic carbocycles. The van der Waals surface area contributed by atoms with Gasteiger partial charge >= 0.3 is 5.97 Å². The van der Waals surface area contributed by atoms with E-state index in [0.717, 1.165) is 24.3 Å². The second kappa shape index (κ2) is 8.81. The van der Waals surface area contributed by atoms with Gasteiger partial charge in [-0.05, 0) is 37.2 Å². The van der Waals surface area contributed by atoms with E-state index in [0.29, 0.717) is 13.2 Å². The smallest absolute Gasteiger partial charge is 0.313 e. The predicted octanol–water partition coefficient (Wildman–Crippen LogP) is 2.68. The lowest BCUT2D eigenvalue weighted by Crippen LogP contribution is -2.44. The third-order valence-electron chi connectivity index (χ3n) is 3.27. The van der Waals surface area contributed by atoms with Gasteiger partial charge in [0.15, 0.2) is 0 Å². The summed E-state index contributed by atoms with van der Waals surface area (Å²) in [5.74, 6) is 2.30. The molecule has 0 aliphatic rings. The van der Waals surface area contributed by atoms with Crippen LogP contribution in [0, 0.1) is 11.3 Å². The monoisotopic (exact) mass is 261 g/mol.